The monoisotopic (exact) mass is 282 g/mol. The summed E-state index contributed by atoms with van der Waals surface area (Å²) in [5.74, 6) is 0.938. The zero-order valence-corrected chi connectivity index (χ0v) is 10.5. The summed E-state index contributed by atoms with van der Waals surface area (Å²) in [6.45, 7) is 0. The zero-order chi connectivity index (χ0) is 14.1. The molecule has 1 heterocycles. The van der Waals surface area contributed by atoms with Crippen molar-refractivity contribution in [3.05, 3.63) is 29.5 Å². The average molecular weight is 282 g/mol. The van der Waals surface area contributed by atoms with Crippen molar-refractivity contribution in [2.24, 2.45) is 11.8 Å². The number of H-pyrrole nitrogens is 1. The van der Waals surface area contributed by atoms with Gasteiger partial charge in [0.15, 0.2) is 0 Å². The molecule has 2 aliphatic rings. The van der Waals surface area contributed by atoms with Gasteiger partial charge in [-0.15, -0.1) is 0 Å². The first kappa shape index (κ1) is 12.2. The van der Waals surface area contributed by atoms with E-state index in [0.717, 1.165) is 18.6 Å². The van der Waals surface area contributed by atoms with Crippen LogP contribution in [-0.4, -0.2) is 15.3 Å². The lowest BCUT2D eigenvalue weighted by molar-refractivity contribution is -0.137. The largest absolute Gasteiger partial charge is 0.416 e. The predicted octanol–water partition coefficient (Wildman–Crippen LogP) is 3.20. The van der Waals surface area contributed by atoms with Crippen LogP contribution < -0.4 is 0 Å². The maximum Gasteiger partial charge on any atom is 0.416 e. The number of rotatable bonds is 1. The summed E-state index contributed by atoms with van der Waals surface area (Å²) in [4.78, 5) is 0. The van der Waals surface area contributed by atoms with Crippen LogP contribution in [0.2, 0.25) is 0 Å². The minimum Gasteiger partial charge on any atom is -0.385 e. The van der Waals surface area contributed by atoms with Crippen LogP contribution in [0.4, 0.5) is 13.2 Å². The molecule has 2 saturated carbocycles. The van der Waals surface area contributed by atoms with E-state index >= 15 is 0 Å². The molecule has 2 aliphatic carbocycles. The van der Waals surface area contributed by atoms with E-state index in [-0.39, 0.29) is 0 Å². The van der Waals surface area contributed by atoms with Crippen molar-refractivity contribution in [3.8, 4) is 0 Å². The van der Waals surface area contributed by atoms with Crippen LogP contribution in [0.1, 0.15) is 30.4 Å². The molecule has 20 heavy (non-hydrogen) atoms. The number of nitrogens with one attached hydrogen (secondary N) is 1. The number of aromatic amines is 1. The number of halogens is 3. The van der Waals surface area contributed by atoms with E-state index in [0.29, 0.717) is 41.1 Å². The highest BCUT2D eigenvalue weighted by Crippen LogP contribution is 2.60. The van der Waals surface area contributed by atoms with Gasteiger partial charge in [-0.3, -0.25) is 5.10 Å². The standard InChI is InChI=1S/C14H13F3N2O/c15-14(16,17)9-2-11(10-6-18-19-12(10)3-9)13(20)4-7-1-8(7)5-13/h2-3,6-8,20H,1,4-5H2,(H,18,19)/t7-,8+,13?. The summed E-state index contributed by atoms with van der Waals surface area (Å²) in [6.07, 6.45) is -0.729. The number of fused-ring (bicyclic) bond motifs is 2. The summed E-state index contributed by atoms with van der Waals surface area (Å²) >= 11 is 0. The molecule has 2 N–H and O–H groups in total. The highest BCUT2D eigenvalue weighted by molar-refractivity contribution is 5.83. The molecule has 3 nitrogen and oxygen atoms in total. The fourth-order valence-electron chi connectivity index (χ4n) is 3.58. The van der Waals surface area contributed by atoms with E-state index in [1.807, 2.05) is 0 Å². The molecule has 3 atom stereocenters. The Bertz CT molecular complexity index is 681. The molecule has 6 heteroatoms. The molecule has 106 valence electrons. The minimum absolute atomic E-state index is 0.323. The average Bonchev–Trinajstić information content (AvgIpc) is 2.81. The van der Waals surface area contributed by atoms with Crippen LogP contribution in [0, 0.1) is 11.8 Å². The SMILES string of the molecule is OC1(c2cc(C(F)(F)F)cc3[nH]ncc23)C[C@H]2C[C@H]2C1. The summed E-state index contributed by atoms with van der Waals surface area (Å²) in [6, 6.07) is 2.13. The Morgan fingerprint density at radius 3 is 2.60 bits per heavy atom. The topological polar surface area (TPSA) is 48.9 Å². The lowest BCUT2D eigenvalue weighted by Gasteiger charge is -2.26. The highest BCUT2D eigenvalue weighted by Gasteiger charge is 2.54. The lowest BCUT2D eigenvalue weighted by Crippen LogP contribution is -2.24. The molecule has 4 rings (SSSR count). The van der Waals surface area contributed by atoms with E-state index in [9.17, 15) is 18.3 Å². The zero-order valence-electron chi connectivity index (χ0n) is 10.5. The lowest BCUT2D eigenvalue weighted by atomic mass is 9.86. The number of benzene rings is 1. The highest BCUT2D eigenvalue weighted by atomic mass is 19.4. The third kappa shape index (κ3) is 1.67. The molecule has 0 spiro atoms. The maximum absolute atomic E-state index is 13.0. The Morgan fingerprint density at radius 1 is 1.25 bits per heavy atom. The van der Waals surface area contributed by atoms with Gasteiger partial charge in [0.2, 0.25) is 0 Å². The molecule has 1 aromatic carbocycles. The molecular weight excluding hydrogens is 269 g/mol. The first-order valence-electron chi connectivity index (χ1n) is 6.64. The number of hydrogen-bond acceptors (Lipinski definition) is 2. The fraction of sp³-hybridized carbons (Fsp3) is 0.500. The first-order chi connectivity index (χ1) is 9.37. The Kier molecular flexibility index (Phi) is 2.17. The Balaban J connectivity index is 1.91. The van der Waals surface area contributed by atoms with E-state index in [4.69, 9.17) is 0 Å². The van der Waals surface area contributed by atoms with Gasteiger partial charge in [0.1, 0.15) is 0 Å². The van der Waals surface area contributed by atoms with E-state index in [1.54, 1.807) is 0 Å². The first-order valence-corrected chi connectivity index (χ1v) is 6.64. The smallest absolute Gasteiger partial charge is 0.385 e. The maximum atomic E-state index is 13.0. The van der Waals surface area contributed by atoms with Gasteiger partial charge in [0.05, 0.1) is 22.9 Å². The minimum atomic E-state index is -4.42. The Labute approximate surface area is 112 Å². The van der Waals surface area contributed by atoms with Crippen molar-refractivity contribution in [1.29, 1.82) is 0 Å². The van der Waals surface area contributed by atoms with E-state index in [1.165, 1.54) is 6.20 Å². The van der Waals surface area contributed by atoms with Gasteiger partial charge in [-0.2, -0.15) is 18.3 Å². The molecule has 0 radical (unpaired) electrons. The van der Waals surface area contributed by atoms with Crippen LogP contribution in [0.5, 0.6) is 0 Å². The summed E-state index contributed by atoms with van der Waals surface area (Å²) in [5, 5.41) is 17.7. The van der Waals surface area contributed by atoms with Crippen molar-refractivity contribution >= 4 is 10.9 Å². The van der Waals surface area contributed by atoms with Crippen molar-refractivity contribution in [1.82, 2.24) is 10.2 Å². The second-order valence-corrected chi connectivity index (χ2v) is 6.05. The second kappa shape index (κ2) is 3.55. The van der Waals surface area contributed by atoms with E-state index < -0.39 is 17.3 Å². The normalized spacial score (nSPS) is 32.6. The van der Waals surface area contributed by atoms with Gasteiger partial charge in [-0.05, 0) is 48.8 Å². The predicted molar refractivity (Wildman–Crippen MR) is 65.8 cm³/mol. The van der Waals surface area contributed by atoms with Crippen LogP contribution in [0.3, 0.4) is 0 Å². The molecule has 0 bridgehead atoms. The molecule has 0 saturated heterocycles. The van der Waals surface area contributed by atoms with Crippen molar-refractivity contribution < 1.29 is 18.3 Å². The Morgan fingerprint density at radius 2 is 1.95 bits per heavy atom. The number of nitrogens with zero attached hydrogens (tertiary/aromatic N) is 1. The van der Waals surface area contributed by atoms with Crippen molar-refractivity contribution in [2.75, 3.05) is 0 Å². The van der Waals surface area contributed by atoms with Crippen LogP contribution in [-0.2, 0) is 11.8 Å². The number of aliphatic hydroxyl groups is 1. The summed E-state index contributed by atoms with van der Waals surface area (Å²) in [7, 11) is 0. The van der Waals surface area contributed by atoms with Gasteiger partial charge in [0.25, 0.3) is 0 Å². The molecule has 2 fully saturated rings. The van der Waals surface area contributed by atoms with Gasteiger partial charge in [0, 0.05) is 5.39 Å². The number of aromatic nitrogens is 2. The summed E-state index contributed by atoms with van der Waals surface area (Å²) < 4.78 is 38.9. The number of hydrogen-bond donors (Lipinski definition) is 2. The third-order valence-corrected chi connectivity index (χ3v) is 4.66. The van der Waals surface area contributed by atoms with Gasteiger partial charge in [-0.25, -0.2) is 0 Å². The van der Waals surface area contributed by atoms with Gasteiger partial charge in [-0.1, -0.05) is 0 Å². The molecule has 1 unspecified atom stereocenters. The van der Waals surface area contributed by atoms with Gasteiger partial charge < -0.3 is 5.11 Å². The van der Waals surface area contributed by atoms with Crippen LogP contribution >= 0.6 is 0 Å². The van der Waals surface area contributed by atoms with Crippen molar-refractivity contribution in [2.45, 2.75) is 31.0 Å². The van der Waals surface area contributed by atoms with Crippen LogP contribution in [0.15, 0.2) is 18.3 Å². The number of alkyl halides is 3. The second-order valence-electron chi connectivity index (χ2n) is 6.05. The third-order valence-electron chi connectivity index (χ3n) is 4.66. The molecule has 0 aliphatic heterocycles. The quantitative estimate of drug-likeness (QED) is 0.844. The Hall–Kier alpha value is -1.56. The fourth-order valence-corrected chi connectivity index (χ4v) is 3.58. The summed E-state index contributed by atoms with van der Waals surface area (Å²) in [5.41, 5.74) is -1.19. The van der Waals surface area contributed by atoms with Crippen LogP contribution in [0.25, 0.3) is 10.9 Å². The van der Waals surface area contributed by atoms with E-state index in [2.05, 4.69) is 10.2 Å². The molecular formula is C14H13F3N2O. The van der Waals surface area contributed by atoms with Gasteiger partial charge >= 0.3 is 6.18 Å². The molecule has 2 aromatic rings. The van der Waals surface area contributed by atoms with Crippen molar-refractivity contribution in [3.63, 3.8) is 0 Å². The molecule has 1 aromatic heterocycles. The molecule has 0 amide bonds.